The maximum Gasteiger partial charge on any atom is 0.292 e. The first kappa shape index (κ1) is 17.5. The van der Waals surface area contributed by atoms with E-state index in [9.17, 15) is 22.9 Å². The number of nitro benzene ring substituents is 1. The molecule has 0 atom stereocenters. The van der Waals surface area contributed by atoms with Crippen LogP contribution in [-0.2, 0) is 10.0 Å². The van der Waals surface area contributed by atoms with Gasteiger partial charge in [-0.2, -0.15) is 4.31 Å². The molecule has 1 aromatic carbocycles. The maximum absolute atomic E-state index is 13.1. The fraction of sp³-hybridized carbons (Fsp3) is 0.500. The molecule has 0 amide bonds. The lowest BCUT2D eigenvalue weighted by atomic mass is 10.3. The lowest BCUT2D eigenvalue weighted by Gasteiger charge is -2.20. The van der Waals surface area contributed by atoms with Crippen molar-refractivity contribution in [1.82, 2.24) is 4.31 Å². The molecule has 1 aromatic rings. The van der Waals surface area contributed by atoms with Crippen molar-refractivity contribution >= 4 is 15.7 Å². The minimum absolute atomic E-state index is 0.133. The molecule has 0 aliphatic rings. The van der Waals surface area contributed by atoms with Crippen molar-refractivity contribution in [2.45, 2.75) is 24.7 Å². The van der Waals surface area contributed by atoms with Gasteiger partial charge in [0.1, 0.15) is 5.82 Å². The molecule has 0 saturated heterocycles. The Morgan fingerprint density at radius 1 is 1.38 bits per heavy atom. The summed E-state index contributed by atoms with van der Waals surface area (Å²) in [5.74, 6) is -0.886. The van der Waals surface area contributed by atoms with Crippen LogP contribution in [0.4, 0.5) is 10.1 Å². The third kappa shape index (κ3) is 4.19. The molecule has 0 heterocycles. The van der Waals surface area contributed by atoms with E-state index in [-0.39, 0.29) is 13.1 Å². The van der Waals surface area contributed by atoms with Crippen LogP contribution in [0.25, 0.3) is 0 Å². The van der Waals surface area contributed by atoms with Crippen LogP contribution >= 0.6 is 0 Å². The maximum atomic E-state index is 13.1. The third-order valence-corrected chi connectivity index (χ3v) is 4.79. The van der Waals surface area contributed by atoms with E-state index in [1.165, 1.54) is 0 Å². The quantitative estimate of drug-likeness (QED) is 0.578. The number of rotatable bonds is 8. The number of nitrogens with zero attached hydrogens (tertiary/aromatic N) is 2. The van der Waals surface area contributed by atoms with Crippen LogP contribution < -0.4 is 0 Å². The second-order valence-corrected chi connectivity index (χ2v) is 6.26. The van der Waals surface area contributed by atoms with E-state index in [0.717, 1.165) is 22.9 Å². The highest BCUT2D eigenvalue weighted by Crippen LogP contribution is 2.27. The number of hydrogen-bond acceptors (Lipinski definition) is 5. The first-order valence-electron chi connectivity index (χ1n) is 6.39. The van der Waals surface area contributed by atoms with Crippen LogP contribution in [0.15, 0.2) is 23.1 Å². The van der Waals surface area contributed by atoms with Crippen LogP contribution in [0.5, 0.6) is 0 Å². The lowest BCUT2D eigenvalue weighted by molar-refractivity contribution is -0.388. The Morgan fingerprint density at radius 3 is 2.57 bits per heavy atom. The standard InChI is InChI=1S/C12H17FN2O5S/c1-2-3-6-14(7-8-16)21(19,20)12-5-4-10(13)9-11(12)15(17)18/h4-5,9,16H,2-3,6-8H2,1H3. The van der Waals surface area contributed by atoms with Gasteiger partial charge >= 0.3 is 0 Å². The zero-order chi connectivity index (χ0) is 16.0. The largest absolute Gasteiger partial charge is 0.395 e. The van der Waals surface area contributed by atoms with Gasteiger partial charge in [-0.1, -0.05) is 13.3 Å². The number of halogens is 1. The van der Waals surface area contributed by atoms with Gasteiger partial charge in [0, 0.05) is 13.1 Å². The van der Waals surface area contributed by atoms with Crippen molar-refractivity contribution < 1.29 is 22.8 Å². The van der Waals surface area contributed by atoms with Crippen molar-refractivity contribution in [3.63, 3.8) is 0 Å². The molecule has 1 N–H and O–H groups in total. The molecule has 0 aliphatic carbocycles. The molecule has 0 aliphatic heterocycles. The first-order valence-corrected chi connectivity index (χ1v) is 7.83. The molecule has 0 aromatic heterocycles. The minimum atomic E-state index is -4.16. The topological polar surface area (TPSA) is 101 Å². The van der Waals surface area contributed by atoms with Crippen LogP contribution in [-0.4, -0.2) is 42.4 Å². The van der Waals surface area contributed by atoms with Gasteiger partial charge in [0.25, 0.3) is 5.69 Å². The summed E-state index contributed by atoms with van der Waals surface area (Å²) in [6.07, 6.45) is 1.27. The van der Waals surface area contributed by atoms with Crippen molar-refractivity contribution in [2.75, 3.05) is 19.7 Å². The van der Waals surface area contributed by atoms with Crippen molar-refractivity contribution in [2.24, 2.45) is 0 Å². The number of benzene rings is 1. The van der Waals surface area contributed by atoms with Gasteiger partial charge in [-0.05, 0) is 18.6 Å². The number of aliphatic hydroxyl groups excluding tert-OH is 1. The lowest BCUT2D eigenvalue weighted by Crippen LogP contribution is -2.34. The number of unbranched alkanes of at least 4 members (excludes halogenated alkanes) is 1. The Hall–Kier alpha value is -1.58. The minimum Gasteiger partial charge on any atom is -0.395 e. The van der Waals surface area contributed by atoms with E-state index in [1.807, 2.05) is 6.92 Å². The second-order valence-electron chi connectivity index (χ2n) is 4.35. The number of aliphatic hydroxyl groups is 1. The van der Waals surface area contributed by atoms with Gasteiger partial charge in [-0.15, -0.1) is 0 Å². The molecule has 0 bridgehead atoms. The SMILES string of the molecule is CCCCN(CCO)S(=O)(=O)c1ccc(F)cc1[N+](=O)[O-]. The van der Waals surface area contributed by atoms with Gasteiger partial charge in [-0.25, -0.2) is 12.8 Å². The average Bonchev–Trinajstić information content (AvgIpc) is 2.42. The predicted molar refractivity (Wildman–Crippen MR) is 73.8 cm³/mol. The second kappa shape index (κ2) is 7.43. The number of sulfonamides is 1. The zero-order valence-corrected chi connectivity index (χ0v) is 12.3. The summed E-state index contributed by atoms with van der Waals surface area (Å²) >= 11 is 0. The van der Waals surface area contributed by atoms with E-state index >= 15 is 0 Å². The first-order chi connectivity index (χ1) is 9.84. The molecule has 0 saturated carbocycles. The summed E-state index contributed by atoms with van der Waals surface area (Å²) in [6.45, 7) is 1.42. The third-order valence-electron chi connectivity index (χ3n) is 2.85. The Morgan fingerprint density at radius 2 is 2.05 bits per heavy atom. The van der Waals surface area contributed by atoms with Crippen LogP contribution in [0.2, 0.25) is 0 Å². The van der Waals surface area contributed by atoms with Crippen LogP contribution in [0, 0.1) is 15.9 Å². The molecule has 0 unspecified atom stereocenters. The van der Waals surface area contributed by atoms with Gasteiger partial charge < -0.3 is 5.11 Å². The van der Waals surface area contributed by atoms with E-state index < -0.39 is 38.0 Å². The predicted octanol–water partition coefficient (Wildman–Crippen LogP) is 1.52. The molecule has 0 spiro atoms. The smallest absolute Gasteiger partial charge is 0.292 e. The van der Waals surface area contributed by atoms with E-state index in [4.69, 9.17) is 5.11 Å². The summed E-state index contributed by atoms with van der Waals surface area (Å²) in [4.78, 5) is 9.41. The summed E-state index contributed by atoms with van der Waals surface area (Å²) < 4.78 is 39.0. The Labute approximate surface area is 122 Å². The summed E-state index contributed by atoms with van der Waals surface area (Å²) in [6, 6.07) is 2.31. The Kier molecular flexibility index (Phi) is 6.19. The number of nitro groups is 1. The van der Waals surface area contributed by atoms with Crippen LogP contribution in [0.1, 0.15) is 19.8 Å². The van der Waals surface area contributed by atoms with Gasteiger partial charge in [-0.3, -0.25) is 10.1 Å². The molecule has 9 heteroatoms. The van der Waals surface area contributed by atoms with E-state index in [1.54, 1.807) is 0 Å². The molecular formula is C12H17FN2O5S. The fourth-order valence-electron chi connectivity index (χ4n) is 1.79. The highest BCUT2D eigenvalue weighted by atomic mass is 32.2. The highest BCUT2D eigenvalue weighted by molar-refractivity contribution is 7.89. The molecule has 0 fully saturated rings. The van der Waals surface area contributed by atoms with Crippen molar-refractivity contribution in [3.05, 3.63) is 34.1 Å². The highest BCUT2D eigenvalue weighted by Gasteiger charge is 2.31. The average molecular weight is 320 g/mol. The zero-order valence-electron chi connectivity index (χ0n) is 11.5. The van der Waals surface area contributed by atoms with Crippen LogP contribution in [0.3, 0.4) is 0 Å². The fourth-order valence-corrected chi connectivity index (χ4v) is 3.40. The van der Waals surface area contributed by atoms with Gasteiger partial charge in [0.15, 0.2) is 4.90 Å². The van der Waals surface area contributed by atoms with Gasteiger partial charge in [0.2, 0.25) is 10.0 Å². The van der Waals surface area contributed by atoms with Crippen molar-refractivity contribution in [1.29, 1.82) is 0 Å². The van der Waals surface area contributed by atoms with E-state index in [2.05, 4.69) is 0 Å². The normalized spacial score (nSPS) is 11.8. The molecule has 1 rings (SSSR count). The summed E-state index contributed by atoms with van der Waals surface area (Å²) in [7, 11) is -4.16. The molecule has 21 heavy (non-hydrogen) atoms. The summed E-state index contributed by atoms with van der Waals surface area (Å²) in [5.41, 5.74) is -0.811. The molecule has 7 nitrogen and oxygen atoms in total. The van der Waals surface area contributed by atoms with Gasteiger partial charge in [0.05, 0.1) is 17.6 Å². The summed E-state index contributed by atoms with van der Waals surface area (Å²) in [5, 5.41) is 19.9. The molecular weight excluding hydrogens is 303 g/mol. The molecule has 0 radical (unpaired) electrons. The van der Waals surface area contributed by atoms with Crippen molar-refractivity contribution in [3.8, 4) is 0 Å². The monoisotopic (exact) mass is 320 g/mol. The Bertz CT molecular complexity index is 606. The van der Waals surface area contributed by atoms with E-state index in [0.29, 0.717) is 12.5 Å². The number of hydrogen-bond donors (Lipinski definition) is 1. The Balaban J connectivity index is 3.30. The molecule has 118 valence electrons.